The zero-order valence-corrected chi connectivity index (χ0v) is 10.4. The molecular weight excluding hydrogens is 244 g/mol. The van der Waals surface area contributed by atoms with Crippen LogP contribution in [0.4, 0.5) is 0 Å². The summed E-state index contributed by atoms with van der Waals surface area (Å²) in [6.45, 7) is 0.588. The number of nitrogens with two attached hydrogens (primary N) is 1. The molecule has 0 aromatic heterocycles. The standard InChI is InChI=1S/C14H16N2O3/c15-14(19)11-4-2-7-16(9-11)8-6-10-3-1-5-12(17)13(10)18/h1-3,5,7,9,17-18H,4,6,8H2,(H2,15,19). The van der Waals surface area contributed by atoms with E-state index in [1.807, 2.05) is 17.2 Å². The molecule has 19 heavy (non-hydrogen) atoms. The van der Waals surface area contributed by atoms with Crippen LogP contribution >= 0.6 is 0 Å². The minimum atomic E-state index is -0.422. The van der Waals surface area contributed by atoms with Crippen molar-refractivity contribution in [1.82, 2.24) is 4.90 Å². The number of amides is 1. The average molecular weight is 260 g/mol. The number of nitrogens with zero attached hydrogens (tertiary/aromatic N) is 1. The number of allylic oxidation sites excluding steroid dienone is 1. The second kappa shape index (κ2) is 5.48. The first-order chi connectivity index (χ1) is 9.08. The van der Waals surface area contributed by atoms with Crippen LogP contribution in [0.1, 0.15) is 12.0 Å². The highest BCUT2D eigenvalue weighted by Gasteiger charge is 2.11. The summed E-state index contributed by atoms with van der Waals surface area (Å²) in [6.07, 6.45) is 6.53. The zero-order chi connectivity index (χ0) is 13.8. The molecule has 0 bridgehead atoms. The maximum Gasteiger partial charge on any atom is 0.246 e. The Bertz CT molecular complexity index is 550. The van der Waals surface area contributed by atoms with E-state index < -0.39 is 5.91 Å². The van der Waals surface area contributed by atoms with Gasteiger partial charge < -0.3 is 20.8 Å². The SMILES string of the molecule is NC(=O)C1=CN(CCc2cccc(O)c2O)C=CC1. The molecule has 0 spiro atoms. The Morgan fingerprint density at radius 1 is 1.37 bits per heavy atom. The molecule has 0 atom stereocenters. The molecule has 0 fully saturated rings. The van der Waals surface area contributed by atoms with Crippen LogP contribution in [0, 0.1) is 0 Å². The minimum absolute atomic E-state index is 0.0948. The number of phenols is 2. The molecule has 0 unspecified atom stereocenters. The molecule has 4 N–H and O–H groups in total. The number of phenolic OH excluding ortho intramolecular Hbond substituents is 2. The second-order valence-electron chi connectivity index (χ2n) is 4.38. The Balaban J connectivity index is 2.03. The molecule has 1 aromatic rings. The fraction of sp³-hybridized carbons (Fsp3) is 0.214. The smallest absolute Gasteiger partial charge is 0.246 e. The lowest BCUT2D eigenvalue weighted by Gasteiger charge is -2.20. The fourth-order valence-corrected chi connectivity index (χ4v) is 1.94. The highest BCUT2D eigenvalue weighted by Crippen LogP contribution is 2.28. The molecule has 1 aromatic carbocycles. The lowest BCUT2D eigenvalue weighted by molar-refractivity contribution is -0.114. The maximum absolute atomic E-state index is 11.1. The van der Waals surface area contributed by atoms with Crippen molar-refractivity contribution >= 4 is 5.91 Å². The number of benzene rings is 1. The normalized spacial score (nSPS) is 14.3. The quantitative estimate of drug-likeness (QED) is 0.711. The molecule has 1 aliphatic heterocycles. The molecule has 5 heteroatoms. The summed E-state index contributed by atoms with van der Waals surface area (Å²) < 4.78 is 0. The topological polar surface area (TPSA) is 86.8 Å². The molecule has 0 saturated carbocycles. The molecule has 1 aliphatic rings. The van der Waals surface area contributed by atoms with Crippen molar-refractivity contribution in [1.29, 1.82) is 0 Å². The van der Waals surface area contributed by atoms with E-state index in [0.717, 1.165) is 0 Å². The Kier molecular flexibility index (Phi) is 3.75. The van der Waals surface area contributed by atoms with Gasteiger partial charge in [0.05, 0.1) is 0 Å². The van der Waals surface area contributed by atoms with Crippen molar-refractivity contribution < 1.29 is 15.0 Å². The number of rotatable bonds is 4. The van der Waals surface area contributed by atoms with Crippen molar-refractivity contribution in [2.24, 2.45) is 5.73 Å². The largest absolute Gasteiger partial charge is 0.504 e. The van der Waals surface area contributed by atoms with Crippen molar-refractivity contribution in [3.8, 4) is 11.5 Å². The van der Waals surface area contributed by atoms with Crippen molar-refractivity contribution in [3.05, 3.63) is 47.8 Å². The van der Waals surface area contributed by atoms with E-state index in [2.05, 4.69) is 0 Å². The van der Waals surface area contributed by atoms with Crippen LogP contribution in [0.15, 0.2) is 42.2 Å². The molecule has 100 valence electrons. The predicted octanol–water partition coefficient (Wildman–Crippen LogP) is 1.23. The van der Waals surface area contributed by atoms with E-state index in [4.69, 9.17) is 5.73 Å². The lowest BCUT2D eigenvalue weighted by atomic mass is 10.1. The predicted molar refractivity (Wildman–Crippen MR) is 71.2 cm³/mol. The molecule has 0 aliphatic carbocycles. The Labute approximate surface area is 111 Å². The Morgan fingerprint density at radius 3 is 2.89 bits per heavy atom. The van der Waals surface area contributed by atoms with Gasteiger partial charge in [-0.1, -0.05) is 18.2 Å². The lowest BCUT2D eigenvalue weighted by Crippen LogP contribution is -2.22. The molecule has 2 rings (SSSR count). The molecule has 1 amide bonds. The van der Waals surface area contributed by atoms with Crippen LogP contribution in [0.3, 0.4) is 0 Å². The average Bonchev–Trinajstić information content (AvgIpc) is 2.41. The van der Waals surface area contributed by atoms with Crippen LogP contribution in [0.25, 0.3) is 0 Å². The summed E-state index contributed by atoms with van der Waals surface area (Å²) in [6, 6.07) is 4.87. The summed E-state index contributed by atoms with van der Waals surface area (Å²) in [5, 5.41) is 19.1. The van der Waals surface area contributed by atoms with Gasteiger partial charge in [-0.05, 0) is 30.7 Å². The van der Waals surface area contributed by atoms with Crippen molar-refractivity contribution in [2.75, 3.05) is 6.54 Å². The zero-order valence-electron chi connectivity index (χ0n) is 10.4. The number of hydrogen-bond acceptors (Lipinski definition) is 4. The first kappa shape index (κ1) is 13.0. The fourth-order valence-electron chi connectivity index (χ4n) is 1.94. The van der Waals surface area contributed by atoms with Gasteiger partial charge in [-0.2, -0.15) is 0 Å². The van der Waals surface area contributed by atoms with E-state index >= 15 is 0 Å². The third kappa shape index (κ3) is 3.07. The van der Waals surface area contributed by atoms with Gasteiger partial charge in [0.15, 0.2) is 11.5 Å². The van der Waals surface area contributed by atoms with Gasteiger partial charge in [0.1, 0.15) is 0 Å². The van der Waals surface area contributed by atoms with E-state index in [1.165, 1.54) is 6.07 Å². The highest BCUT2D eigenvalue weighted by molar-refractivity contribution is 5.92. The Morgan fingerprint density at radius 2 is 2.16 bits per heavy atom. The van der Waals surface area contributed by atoms with Gasteiger partial charge in [-0.25, -0.2) is 0 Å². The van der Waals surface area contributed by atoms with Gasteiger partial charge >= 0.3 is 0 Å². The third-order valence-electron chi connectivity index (χ3n) is 3.01. The van der Waals surface area contributed by atoms with Crippen molar-refractivity contribution in [2.45, 2.75) is 12.8 Å². The van der Waals surface area contributed by atoms with E-state index in [0.29, 0.717) is 30.5 Å². The maximum atomic E-state index is 11.1. The van der Waals surface area contributed by atoms with Crippen LogP contribution in [-0.4, -0.2) is 27.6 Å². The van der Waals surface area contributed by atoms with Gasteiger partial charge in [-0.15, -0.1) is 0 Å². The van der Waals surface area contributed by atoms with Crippen LogP contribution < -0.4 is 5.73 Å². The molecule has 0 radical (unpaired) electrons. The first-order valence-electron chi connectivity index (χ1n) is 6.00. The summed E-state index contributed by atoms with van der Waals surface area (Å²) in [5.74, 6) is -0.641. The summed E-state index contributed by atoms with van der Waals surface area (Å²) >= 11 is 0. The van der Waals surface area contributed by atoms with Crippen LogP contribution in [-0.2, 0) is 11.2 Å². The summed E-state index contributed by atoms with van der Waals surface area (Å²) in [4.78, 5) is 12.9. The number of hydrogen-bond donors (Lipinski definition) is 3. The Hall–Kier alpha value is -2.43. The number of para-hydroxylation sites is 1. The minimum Gasteiger partial charge on any atom is -0.504 e. The van der Waals surface area contributed by atoms with E-state index in [1.54, 1.807) is 18.3 Å². The van der Waals surface area contributed by atoms with Gasteiger partial charge in [0, 0.05) is 18.3 Å². The number of primary amides is 1. The second-order valence-corrected chi connectivity index (χ2v) is 4.38. The monoisotopic (exact) mass is 260 g/mol. The van der Waals surface area contributed by atoms with Crippen LogP contribution in [0.2, 0.25) is 0 Å². The van der Waals surface area contributed by atoms with Crippen LogP contribution in [0.5, 0.6) is 11.5 Å². The highest BCUT2D eigenvalue weighted by atomic mass is 16.3. The number of carbonyl (C=O) groups excluding carboxylic acids is 1. The summed E-state index contributed by atoms with van der Waals surface area (Å²) in [7, 11) is 0. The molecule has 5 nitrogen and oxygen atoms in total. The number of carbonyl (C=O) groups is 1. The van der Waals surface area contributed by atoms with Crippen molar-refractivity contribution in [3.63, 3.8) is 0 Å². The van der Waals surface area contributed by atoms with Gasteiger partial charge in [0.25, 0.3) is 0 Å². The third-order valence-corrected chi connectivity index (χ3v) is 3.01. The van der Waals surface area contributed by atoms with E-state index in [-0.39, 0.29) is 11.5 Å². The van der Waals surface area contributed by atoms with Gasteiger partial charge in [0.2, 0.25) is 5.91 Å². The molecule has 1 heterocycles. The number of aromatic hydroxyl groups is 2. The van der Waals surface area contributed by atoms with Gasteiger partial charge in [-0.3, -0.25) is 4.79 Å². The first-order valence-corrected chi connectivity index (χ1v) is 6.00. The summed E-state index contributed by atoms with van der Waals surface area (Å²) in [5.41, 5.74) is 6.46. The van der Waals surface area contributed by atoms with E-state index in [9.17, 15) is 15.0 Å². The molecular formula is C14H16N2O3. The molecule has 0 saturated heterocycles.